The molecule has 1 fully saturated rings. The van der Waals surface area contributed by atoms with Crippen molar-refractivity contribution in [3.63, 3.8) is 0 Å². The number of anilines is 1. The van der Waals surface area contributed by atoms with E-state index in [1.165, 1.54) is 29.0 Å². The summed E-state index contributed by atoms with van der Waals surface area (Å²) in [6.45, 7) is 5.08. The highest BCUT2D eigenvalue weighted by Crippen LogP contribution is 2.47. The monoisotopic (exact) mass is 505 g/mol. The summed E-state index contributed by atoms with van der Waals surface area (Å²) >= 11 is 0. The highest BCUT2D eigenvalue weighted by Gasteiger charge is 2.76. The number of aromatic nitrogens is 2. The molecule has 2 heterocycles. The number of halogens is 7. The fourth-order valence-corrected chi connectivity index (χ4v) is 3.03. The van der Waals surface area contributed by atoms with Gasteiger partial charge in [0.05, 0.1) is 18.0 Å². The van der Waals surface area contributed by atoms with Crippen LogP contribution in [0.2, 0.25) is 0 Å². The summed E-state index contributed by atoms with van der Waals surface area (Å²) in [6, 6.07) is -1.05. The lowest BCUT2D eigenvalue weighted by molar-refractivity contribution is -0.343. The third-order valence-electron chi connectivity index (χ3n) is 5.07. The average Bonchev–Trinajstić information content (AvgIpc) is 3.12. The molecule has 0 saturated carbocycles. The molecule has 0 radical (unpaired) electrons. The van der Waals surface area contributed by atoms with Gasteiger partial charge in [-0.2, -0.15) is 35.8 Å². The van der Waals surface area contributed by atoms with Crippen molar-refractivity contribution in [1.82, 2.24) is 19.6 Å². The summed E-state index contributed by atoms with van der Waals surface area (Å²) in [6.07, 6.45) is -6.32. The van der Waals surface area contributed by atoms with Crippen LogP contribution in [0.15, 0.2) is 6.20 Å². The van der Waals surface area contributed by atoms with Gasteiger partial charge in [0, 0.05) is 32.4 Å². The van der Waals surface area contributed by atoms with Crippen LogP contribution in [0.5, 0.6) is 0 Å². The number of carbonyl (C=O) groups excluding carboxylic acids is 3. The minimum absolute atomic E-state index is 0.157. The number of amides is 3. The molecule has 0 aliphatic carbocycles. The van der Waals surface area contributed by atoms with Gasteiger partial charge in [0.2, 0.25) is 5.91 Å². The van der Waals surface area contributed by atoms with Gasteiger partial charge in [0.15, 0.2) is 0 Å². The Morgan fingerprint density at radius 2 is 1.59 bits per heavy atom. The Morgan fingerprint density at radius 3 is 2.09 bits per heavy atom. The van der Waals surface area contributed by atoms with Crippen LogP contribution in [0, 0.1) is 6.92 Å². The van der Waals surface area contributed by atoms with Crippen molar-refractivity contribution >= 4 is 23.6 Å². The van der Waals surface area contributed by atoms with Gasteiger partial charge < -0.3 is 19.9 Å². The third-order valence-corrected chi connectivity index (χ3v) is 5.07. The zero-order valence-corrected chi connectivity index (χ0v) is 18.3. The number of nitrogens with zero attached hydrogens (tertiary/aromatic N) is 4. The van der Waals surface area contributed by atoms with Gasteiger partial charge in [-0.1, -0.05) is 0 Å². The van der Waals surface area contributed by atoms with Gasteiger partial charge in [0.25, 0.3) is 0 Å². The standard InChI is InChI=1S/C18H22F7N5O4/c1-4-34-15(33)29-7-5-28(6-8-29)13(31)11(3)30-9-12(10(2)27-30)26-14(32)16(19,20)17(21,22)18(23,24)25/h9,11H,4-8H2,1-3H3,(H,26,32). The van der Waals surface area contributed by atoms with Crippen LogP contribution in [-0.4, -0.2) is 88.3 Å². The van der Waals surface area contributed by atoms with E-state index < -0.39 is 47.7 Å². The Morgan fingerprint density at radius 1 is 1.06 bits per heavy atom. The number of carbonyl (C=O) groups is 3. The van der Waals surface area contributed by atoms with Crippen molar-refractivity contribution < 1.29 is 49.9 Å². The van der Waals surface area contributed by atoms with E-state index in [-0.39, 0.29) is 38.5 Å². The quantitative estimate of drug-likeness (QED) is 0.600. The summed E-state index contributed by atoms with van der Waals surface area (Å²) in [4.78, 5) is 38.9. The molecular formula is C18H22F7N5O4. The fourth-order valence-electron chi connectivity index (χ4n) is 3.03. The average molecular weight is 505 g/mol. The Bertz CT molecular complexity index is 926. The first-order valence-corrected chi connectivity index (χ1v) is 9.94. The van der Waals surface area contributed by atoms with Crippen LogP contribution in [-0.2, 0) is 14.3 Å². The van der Waals surface area contributed by atoms with E-state index in [0.29, 0.717) is 0 Å². The maximum atomic E-state index is 13.6. The largest absolute Gasteiger partial charge is 0.460 e. The first kappa shape index (κ1) is 27.2. The van der Waals surface area contributed by atoms with E-state index in [1.54, 1.807) is 6.92 Å². The Hall–Kier alpha value is -3.07. The van der Waals surface area contributed by atoms with Gasteiger partial charge in [-0.3, -0.25) is 14.3 Å². The van der Waals surface area contributed by atoms with Gasteiger partial charge in [0.1, 0.15) is 6.04 Å². The second-order valence-electron chi connectivity index (χ2n) is 7.40. The Balaban J connectivity index is 2.09. The lowest BCUT2D eigenvalue weighted by Crippen LogP contribution is -2.57. The highest BCUT2D eigenvalue weighted by molar-refractivity contribution is 5.97. The normalized spacial score (nSPS) is 16.3. The molecule has 0 spiro atoms. The molecule has 0 bridgehead atoms. The fraction of sp³-hybridized carbons (Fsp3) is 0.667. The second kappa shape index (κ2) is 9.66. The molecule has 34 heavy (non-hydrogen) atoms. The van der Waals surface area contributed by atoms with Gasteiger partial charge >= 0.3 is 30.0 Å². The number of piperazine rings is 1. The Labute approximate surface area is 188 Å². The van der Waals surface area contributed by atoms with Crippen molar-refractivity contribution in [3.8, 4) is 0 Å². The van der Waals surface area contributed by atoms with Crippen molar-refractivity contribution in [3.05, 3.63) is 11.9 Å². The van der Waals surface area contributed by atoms with Gasteiger partial charge in [-0.15, -0.1) is 0 Å². The summed E-state index contributed by atoms with van der Waals surface area (Å²) in [5, 5.41) is 5.17. The zero-order valence-electron chi connectivity index (χ0n) is 18.3. The van der Waals surface area contributed by atoms with Crippen LogP contribution in [0.25, 0.3) is 0 Å². The number of nitrogens with one attached hydrogen (secondary N) is 1. The molecule has 1 aliphatic rings. The van der Waals surface area contributed by atoms with Crippen LogP contribution in [0.3, 0.4) is 0 Å². The predicted molar refractivity (Wildman–Crippen MR) is 101 cm³/mol. The van der Waals surface area contributed by atoms with Crippen LogP contribution < -0.4 is 5.32 Å². The smallest absolute Gasteiger partial charge is 0.450 e. The lowest BCUT2D eigenvalue weighted by atomic mass is 10.1. The lowest BCUT2D eigenvalue weighted by Gasteiger charge is -2.35. The number of aryl methyl sites for hydroxylation is 1. The van der Waals surface area contributed by atoms with Crippen LogP contribution >= 0.6 is 0 Å². The maximum Gasteiger partial charge on any atom is 0.460 e. The number of ether oxygens (including phenoxy) is 1. The summed E-state index contributed by atoms with van der Waals surface area (Å²) in [7, 11) is 0. The molecule has 16 heteroatoms. The van der Waals surface area contributed by atoms with E-state index in [0.717, 1.165) is 10.9 Å². The number of rotatable bonds is 6. The second-order valence-corrected chi connectivity index (χ2v) is 7.40. The predicted octanol–water partition coefficient (Wildman–Crippen LogP) is 2.82. The zero-order chi connectivity index (χ0) is 26.1. The third kappa shape index (κ3) is 5.19. The Kier molecular flexibility index (Phi) is 7.72. The van der Waals surface area contributed by atoms with Gasteiger partial charge in [-0.05, 0) is 20.8 Å². The van der Waals surface area contributed by atoms with E-state index in [1.807, 2.05) is 0 Å². The van der Waals surface area contributed by atoms with E-state index in [2.05, 4.69) is 5.10 Å². The molecule has 192 valence electrons. The van der Waals surface area contributed by atoms with Crippen LogP contribution in [0.4, 0.5) is 41.2 Å². The van der Waals surface area contributed by atoms with E-state index >= 15 is 0 Å². The first-order chi connectivity index (χ1) is 15.5. The van der Waals surface area contributed by atoms with Gasteiger partial charge in [-0.25, -0.2) is 4.79 Å². The molecule has 1 saturated heterocycles. The molecule has 2 rings (SSSR count). The van der Waals surface area contributed by atoms with Crippen molar-refractivity contribution in [2.45, 2.75) is 44.8 Å². The number of hydrogen-bond donors (Lipinski definition) is 1. The van der Waals surface area contributed by atoms with Crippen molar-refractivity contribution in [1.29, 1.82) is 0 Å². The van der Waals surface area contributed by atoms with Crippen molar-refractivity contribution in [2.24, 2.45) is 0 Å². The highest BCUT2D eigenvalue weighted by atomic mass is 19.4. The summed E-state index contributed by atoms with van der Waals surface area (Å²) in [5.74, 6) is -16.1. The van der Waals surface area contributed by atoms with E-state index in [4.69, 9.17) is 4.74 Å². The number of hydrogen-bond acceptors (Lipinski definition) is 5. The molecule has 1 aliphatic heterocycles. The summed E-state index contributed by atoms with van der Waals surface area (Å²) < 4.78 is 96.0. The molecule has 1 N–H and O–H groups in total. The topological polar surface area (TPSA) is 96.8 Å². The molecular weight excluding hydrogens is 483 g/mol. The number of alkyl halides is 7. The van der Waals surface area contributed by atoms with E-state index in [9.17, 15) is 45.1 Å². The van der Waals surface area contributed by atoms with Crippen LogP contribution in [0.1, 0.15) is 25.6 Å². The minimum Gasteiger partial charge on any atom is -0.450 e. The molecule has 1 aromatic heterocycles. The molecule has 1 aromatic rings. The molecule has 9 nitrogen and oxygen atoms in total. The maximum absolute atomic E-state index is 13.6. The SMILES string of the molecule is CCOC(=O)N1CCN(C(=O)C(C)n2cc(NC(=O)C(F)(F)C(F)(F)C(F)(F)F)c(C)n2)CC1. The molecule has 3 amide bonds. The minimum atomic E-state index is -6.66. The molecule has 1 atom stereocenters. The first-order valence-electron chi connectivity index (χ1n) is 9.94. The van der Waals surface area contributed by atoms with Crippen molar-refractivity contribution in [2.75, 3.05) is 38.1 Å². The molecule has 0 aromatic carbocycles. The molecule has 1 unspecified atom stereocenters. The summed E-state index contributed by atoms with van der Waals surface area (Å²) in [5.41, 5.74) is -0.777.